The Hall–Kier alpha value is -3.31. The van der Waals surface area contributed by atoms with E-state index >= 15 is 0 Å². The monoisotopic (exact) mass is 527 g/mol. The van der Waals surface area contributed by atoms with Gasteiger partial charge in [0.1, 0.15) is 0 Å². The maximum Gasteiger partial charge on any atom is 0.343 e. The van der Waals surface area contributed by atoms with Gasteiger partial charge in [0.25, 0.3) is 0 Å². The second kappa shape index (κ2) is 11.9. The SMILES string of the molecule is Cl.Nc1ccc2c(c1)CCCOc1c(CCS(=O)(=O)C[C@@H](CC(=O)O)C(=O)O)cccc1OC2=O. The fourth-order valence-corrected chi connectivity index (χ4v) is 5.27. The molecule has 0 aliphatic carbocycles. The molecule has 0 saturated heterocycles. The van der Waals surface area contributed by atoms with Crippen LogP contribution >= 0.6 is 12.4 Å². The van der Waals surface area contributed by atoms with E-state index in [0.29, 0.717) is 29.7 Å². The highest BCUT2D eigenvalue weighted by atomic mass is 35.5. The Morgan fingerprint density at radius 2 is 1.89 bits per heavy atom. The van der Waals surface area contributed by atoms with Gasteiger partial charge in [0.15, 0.2) is 21.3 Å². The number of nitrogens with two attached hydrogens (primary N) is 1. The second-order valence-electron chi connectivity index (χ2n) is 8.00. The number of halogens is 1. The first-order chi connectivity index (χ1) is 16.1. The summed E-state index contributed by atoms with van der Waals surface area (Å²) in [7, 11) is -3.90. The maximum atomic E-state index is 12.8. The minimum Gasteiger partial charge on any atom is -0.489 e. The van der Waals surface area contributed by atoms with E-state index in [1.807, 2.05) is 0 Å². The van der Waals surface area contributed by atoms with Gasteiger partial charge < -0.3 is 25.4 Å². The van der Waals surface area contributed by atoms with E-state index in [4.69, 9.17) is 25.4 Å². The zero-order valence-corrected chi connectivity index (χ0v) is 20.3. The van der Waals surface area contributed by atoms with Gasteiger partial charge >= 0.3 is 17.9 Å². The fraction of sp³-hybridized carbons (Fsp3) is 0.348. The van der Waals surface area contributed by atoms with E-state index in [2.05, 4.69) is 0 Å². The van der Waals surface area contributed by atoms with Gasteiger partial charge in [-0.2, -0.15) is 0 Å². The number of para-hydroxylation sites is 1. The second-order valence-corrected chi connectivity index (χ2v) is 10.2. The van der Waals surface area contributed by atoms with Crippen molar-refractivity contribution in [1.82, 2.24) is 0 Å². The number of aliphatic carboxylic acids is 2. The van der Waals surface area contributed by atoms with E-state index in [9.17, 15) is 22.8 Å². The van der Waals surface area contributed by atoms with Gasteiger partial charge in [0.2, 0.25) is 0 Å². The molecular formula is C23H26ClNO9S. The third-order valence-corrected chi connectivity index (χ3v) is 7.09. The van der Waals surface area contributed by atoms with Gasteiger partial charge in [-0.15, -0.1) is 12.4 Å². The van der Waals surface area contributed by atoms with E-state index in [-0.39, 0.29) is 36.9 Å². The van der Waals surface area contributed by atoms with Crippen LogP contribution in [0.25, 0.3) is 0 Å². The number of nitrogen functional groups attached to an aromatic ring is 1. The Morgan fingerprint density at radius 1 is 1.14 bits per heavy atom. The topological polar surface area (TPSA) is 170 Å². The number of anilines is 1. The zero-order chi connectivity index (χ0) is 24.9. The van der Waals surface area contributed by atoms with E-state index < -0.39 is 51.6 Å². The highest BCUT2D eigenvalue weighted by Gasteiger charge is 2.28. The largest absolute Gasteiger partial charge is 0.489 e. The third kappa shape index (κ3) is 7.59. The fourth-order valence-electron chi connectivity index (χ4n) is 3.70. The Morgan fingerprint density at radius 3 is 2.57 bits per heavy atom. The number of benzene rings is 2. The lowest BCUT2D eigenvalue weighted by atomic mass is 10.0. The van der Waals surface area contributed by atoms with Gasteiger partial charge in [0.05, 0.1) is 36.0 Å². The number of rotatable bonds is 8. The number of ether oxygens (including phenoxy) is 2. The lowest BCUT2D eigenvalue weighted by Crippen LogP contribution is -2.28. The highest BCUT2D eigenvalue weighted by Crippen LogP contribution is 2.34. The van der Waals surface area contributed by atoms with Gasteiger partial charge in [-0.25, -0.2) is 13.2 Å². The lowest BCUT2D eigenvalue weighted by Gasteiger charge is -2.19. The summed E-state index contributed by atoms with van der Waals surface area (Å²) in [5, 5.41) is 18.0. The number of hydrogen-bond donors (Lipinski definition) is 3. The third-order valence-electron chi connectivity index (χ3n) is 5.36. The Bertz CT molecular complexity index is 1210. The lowest BCUT2D eigenvalue weighted by molar-refractivity contribution is -0.147. The van der Waals surface area contributed by atoms with Crippen LogP contribution < -0.4 is 15.2 Å². The Kier molecular flexibility index (Phi) is 9.49. The molecule has 0 amide bonds. The van der Waals surface area contributed by atoms with Crippen molar-refractivity contribution in [1.29, 1.82) is 0 Å². The van der Waals surface area contributed by atoms with Gasteiger partial charge in [-0.05, 0) is 54.7 Å². The first kappa shape index (κ1) is 27.9. The van der Waals surface area contributed by atoms with E-state index in [1.54, 1.807) is 30.3 Å². The maximum absolute atomic E-state index is 12.8. The average molecular weight is 528 g/mol. The molecule has 0 spiro atoms. The van der Waals surface area contributed by atoms with E-state index in [1.165, 1.54) is 6.07 Å². The molecule has 1 aliphatic heterocycles. The van der Waals surface area contributed by atoms with Crippen LogP contribution in [0.15, 0.2) is 36.4 Å². The first-order valence-electron chi connectivity index (χ1n) is 10.6. The molecule has 10 nitrogen and oxygen atoms in total. The average Bonchev–Trinajstić information content (AvgIpc) is 2.75. The smallest absolute Gasteiger partial charge is 0.343 e. The molecule has 3 rings (SSSR count). The van der Waals surface area contributed by atoms with E-state index in [0.717, 1.165) is 5.56 Å². The molecule has 0 aromatic heterocycles. The summed E-state index contributed by atoms with van der Waals surface area (Å²) in [6.07, 6.45) is 0.282. The standard InChI is InChI=1S/C23H25NO9S.ClH/c24-17-6-7-18-15(11-17)4-2-9-32-21-14(3-1-5-19(21)33-23(18)29)8-10-34(30,31)13-16(22(27)28)12-20(25)26;/h1,3,5-7,11,16H,2,4,8-10,12-13,24H2,(H,25,26)(H,27,28);1H/t16-;/m1./s1. The van der Waals surface area contributed by atoms with Crippen molar-refractivity contribution in [2.24, 2.45) is 5.92 Å². The van der Waals surface area contributed by atoms with Gasteiger partial charge in [-0.3, -0.25) is 9.59 Å². The van der Waals surface area contributed by atoms with Crippen molar-refractivity contribution in [3.63, 3.8) is 0 Å². The molecule has 1 aliphatic rings. The molecule has 2 aromatic rings. The molecule has 1 heterocycles. The molecule has 0 unspecified atom stereocenters. The van der Waals surface area contributed by atoms with Gasteiger partial charge in [0, 0.05) is 5.69 Å². The van der Waals surface area contributed by atoms with Crippen LogP contribution in [0.4, 0.5) is 5.69 Å². The van der Waals surface area contributed by atoms with Crippen molar-refractivity contribution in [2.75, 3.05) is 23.8 Å². The Balaban J connectivity index is 0.00000432. The zero-order valence-electron chi connectivity index (χ0n) is 18.6. The van der Waals surface area contributed by atoms with Crippen LogP contribution in [0.3, 0.4) is 0 Å². The number of carbonyl (C=O) groups excluding carboxylic acids is 1. The molecule has 0 radical (unpaired) electrons. The van der Waals surface area contributed by atoms with Crippen LogP contribution in [0.1, 0.15) is 34.3 Å². The number of hydrogen-bond acceptors (Lipinski definition) is 8. The minimum atomic E-state index is -3.90. The van der Waals surface area contributed by atoms with Crippen LogP contribution in [0.5, 0.6) is 11.5 Å². The number of carboxylic acid groups (broad SMARTS) is 2. The number of carbonyl (C=O) groups is 3. The number of sulfone groups is 1. The minimum absolute atomic E-state index is 0. The number of carboxylic acids is 2. The van der Waals surface area contributed by atoms with Gasteiger partial charge in [-0.1, -0.05) is 12.1 Å². The molecule has 2 aromatic carbocycles. The van der Waals surface area contributed by atoms with Crippen molar-refractivity contribution < 1.29 is 42.5 Å². The van der Waals surface area contributed by atoms with Crippen LogP contribution in [0.2, 0.25) is 0 Å². The number of aryl methyl sites for hydroxylation is 2. The van der Waals surface area contributed by atoms with Crippen molar-refractivity contribution in [3.8, 4) is 11.5 Å². The molecule has 1 atom stereocenters. The van der Waals surface area contributed by atoms with Crippen LogP contribution in [-0.4, -0.2) is 54.7 Å². The molecule has 0 saturated carbocycles. The molecule has 35 heavy (non-hydrogen) atoms. The molecule has 190 valence electrons. The summed E-state index contributed by atoms with van der Waals surface area (Å²) in [4.78, 5) is 34.9. The molecular weight excluding hydrogens is 502 g/mol. The molecule has 4 N–H and O–H groups in total. The summed E-state index contributed by atoms with van der Waals surface area (Å²) < 4.78 is 36.4. The predicted molar refractivity (Wildman–Crippen MR) is 129 cm³/mol. The summed E-state index contributed by atoms with van der Waals surface area (Å²) in [5.74, 6) is -5.85. The normalized spacial score (nSPS) is 14.2. The van der Waals surface area contributed by atoms with Crippen LogP contribution in [-0.2, 0) is 32.3 Å². The molecule has 0 fully saturated rings. The number of fused-ring (bicyclic) bond motifs is 2. The Labute approximate surface area is 208 Å². The molecule has 0 bridgehead atoms. The highest BCUT2D eigenvalue weighted by molar-refractivity contribution is 7.91. The van der Waals surface area contributed by atoms with Crippen molar-refractivity contribution in [2.45, 2.75) is 25.7 Å². The summed E-state index contributed by atoms with van der Waals surface area (Å²) in [6, 6.07) is 9.69. The first-order valence-corrected chi connectivity index (χ1v) is 12.4. The quantitative estimate of drug-likeness (QED) is 0.263. The number of esters is 1. The van der Waals surface area contributed by atoms with Crippen molar-refractivity contribution >= 4 is 45.8 Å². The summed E-state index contributed by atoms with van der Waals surface area (Å²) >= 11 is 0. The summed E-state index contributed by atoms with van der Waals surface area (Å²) in [5.41, 5.74) is 7.95. The predicted octanol–water partition coefficient (Wildman–Crippen LogP) is 2.37. The van der Waals surface area contributed by atoms with Crippen molar-refractivity contribution in [3.05, 3.63) is 53.1 Å². The summed E-state index contributed by atoms with van der Waals surface area (Å²) in [6.45, 7) is 0.280. The molecule has 12 heteroatoms. The van der Waals surface area contributed by atoms with Crippen LogP contribution in [0, 0.1) is 5.92 Å².